The van der Waals surface area contributed by atoms with Crippen molar-refractivity contribution in [2.75, 3.05) is 6.61 Å². The van der Waals surface area contributed by atoms with E-state index in [-0.39, 0.29) is 30.1 Å². The lowest BCUT2D eigenvalue weighted by Crippen LogP contribution is -2.36. The van der Waals surface area contributed by atoms with Crippen molar-refractivity contribution in [3.05, 3.63) is 65.5 Å². The van der Waals surface area contributed by atoms with E-state index in [0.717, 1.165) is 30.5 Å². The van der Waals surface area contributed by atoms with E-state index in [0.29, 0.717) is 12.6 Å². The second kappa shape index (κ2) is 6.95. The van der Waals surface area contributed by atoms with Crippen molar-refractivity contribution in [2.45, 2.75) is 25.4 Å². The first-order valence-electron chi connectivity index (χ1n) is 7.64. The van der Waals surface area contributed by atoms with Crippen molar-refractivity contribution in [3.8, 4) is 5.75 Å². The number of halogens is 3. The van der Waals surface area contributed by atoms with E-state index in [1.807, 2.05) is 0 Å². The molecular formula is C18H16F3NO2. The van der Waals surface area contributed by atoms with Crippen LogP contribution in [0.15, 0.2) is 42.5 Å². The second-order valence-corrected chi connectivity index (χ2v) is 5.74. The van der Waals surface area contributed by atoms with Gasteiger partial charge in [-0.2, -0.15) is 0 Å². The first kappa shape index (κ1) is 16.4. The van der Waals surface area contributed by atoms with E-state index in [1.165, 1.54) is 12.1 Å². The summed E-state index contributed by atoms with van der Waals surface area (Å²) in [7, 11) is 0. The van der Waals surface area contributed by atoms with Gasteiger partial charge in [0.25, 0.3) is 5.91 Å². The van der Waals surface area contributed by atoms with E-state index in [4.69, 9.17) is 4.74 Å². The standard InChI is InChI=1S/C18H16F3NO2/c19-13-3-1-12(2-4-13)10-22(15-6-7-15)18(23)11-24-17-8-5-14(20)9-16(17)21/h1-5,8-9,15H,6-7,10-11H2. The molecule has 2 aromatic rings. The van der Waals surface area contributed by atoms with Crippen LogP contribution >= 0.6 is 0 Å². The Morgan fingerprint density at radius 2 is 1.71 bits per heavy atom. The predicted molar refractivity (Wildman–Crippen MR) is 81.8 cm³/mol. The topological polar surface area (TPSA) is 29.5 Å². The van der Waals surface area contributed by atoms with Crippen LogP contribution in [0.2, 0.25) is 0 Å². The van der Waals surface area contributed by atoms with Crippen LogP contribution in [0.25, 0.3) is 0 Å². The minimum absolute atomic E-state index is 0.129. The Morgan fingerprint density at radius 1 is 1.04 bits per heavy atom. The van der Waals surface area contributed by atoms with Gasteiger partial charge in [-0.15, -0.1) is 0 Å². The Labute approximate surface area is 137 Å². The number of carbonyl (C=O) groups is 1. The van der Waals surface area contributed by atoms with E-state index < -0.39 is 11.6 Å². The lowest BCUT2D eigenvalue weighted by Gasteiger charge is -2.22. The summed E-state index contributed by atoms with van der Waals surface area (Å²) in [6.07, 6.45) is 1.80. The van der Waals surface area contributed by atoms with E-state index in [1.54, 1.807) is 17.0 Å². The van der Waals surface area contributed by atoms with Crippen LogP contribution in [0.4, 0.5) is 13.2 Å². The Hall–Kier alpha value is -2.50. The molecule has 0 atom stereocenters. The Balaban J connectivity index is 1.63. The molecule has 2 aromatic carbocycles. The van der Waals surface area contributed by atoms with Crippen LogP contribution in [0, 0.1) is 17.5 Å². The molecule has 1 fully saturated rings. The van der Waals surface area contributed by atoms with Gasteiger partial charge in [0.15, 0.2) is 18.2 Å². The number of carbonyl (C=O) groups excluding carboxylic acids is 1. The molecule has 1 amide bonds. The molecule has 0 spiro atoms. The molecule has 3 rings (SSSR count). The van der Waals surface area contributed by atoms with Crippen molar-refractivity contribution in [3.63, 3.8) is 0 Å². The maximum Gasteiger partial charge on any atom is 0.261 e. The number of ether oxygens (including phenoxy) is 1. The molecule has 0 saturated heterocycles. The minimum Gasteiger partial charge on any atom is -0.481 e. The number of rotatable bonds is 6. The highest BCUT2D eigenvalue weighted by molar-refractivity contribution is 5.78. The van der Waals surface area contributed by atoms with Gasteiger partial charge in [0.05, 0.1) is 0 Å². The van der Waals surface area contributed by atoms with Gasteiger partial charge < -0.3 is 9.64 Å². The zero-order valence-corrected chi connectivity index (χ0v) is 12.8. The lowest BCUT2D eigenvalue weighted by molar-refractivity contribution is -0.134. The van der Waals surface area contributed by atoms with Crippen LogP contribution < -0.4 is 4.74 Å². The van der Waals surface area contributed by atoms with Crippen molar-refractivity contribution in [1.82, 2.24) is 4.90 Å². The number of hydrogen-bond donors (Lipinski definition) is 0. The quantitative estimate of drug-likeness (QED) is 0.806. The van der Waals surface area contributed by atoms with Gasteiger partial charge in [-0.05, 0) is 42.7 Å². The molecule has 1 saturated carbocycles. The largest absolute Gasteiger partial charge is 0.481 e. The lowest BCUT2D eigenvalue weighted by atomic mass is 10.2. The summed E-state index contributed by atoms with van der Waals surface area (Å²) < 4.78 is 44.5. The zero-order chi connectivity index (χ0) is 17.1. The highest BCUT2D eigenvalue weighted by Crippen LogP contribution is 2.29. The molecule has 0 aromatic heterocycles. The maximum atomic E-state index is 13.5. The van der Waals surface area contributed by atoms with Gasteiger partial charge in [0.2, 0.25) is 0 Å². The molecule has 0 heterocycles. The highest BCUT2D eigenvalue weighted by Gasteiger charge is 2.32. The highest BCUT2D eigenvalue weighted by atomic mass is 19.1. The van der Waals surface area contributed by atoms with Crippen LogP contribution in [0.5, 0.6) is 5.75 Å². The third-order valence-corrected chi connectivity index (χ3v) is 3.82. The number of hydrogen-bond acceptors (Lipinski definition) is 2. The molecule has 0 radical (unpaired) electrons. The van der Waals surface area contributed by atoms with Crippen molar-refractivity contribution in [1.29, 1.82) is 0 Å². The molecule has 0 unspecified atom stereocenters. The van der Waals surface area contributed by atoms with Crippen LogP contribution in [0.1, 0.15) is 18.4 Å². The summed E-state index contributed by atoms with van der Waals surface area (Å²) in [6.45, 7) is 0.0132. The molecule has 0 aliphatic heterocycles. The normalized spacial score (nSPS) is 13.6. The average Bonchev–Trinajstić information content (AvgIpc) is 3.38. The van der Waals surface area contributed by atoms with E-state index >= 15 is 0 Å². The molecule has 1 aliphatic carbocycles. The van der Waals surface area contributed by atoms with Gasteiger partial charge in [0, 0.05) is 18.7 Å². The molecule has 3 nitrogen and oxygen atoms in total. The summed E-state index contributed by atoms with van der Waals surface area (Å²) in [4.78, 5) is 14.0. The summed E-state index contributed by atoms with van der Waals surface area (Å²) in [6, 6.07) is 8.99. The van der Waals surface area contributed by atoms with Crippen molar-refractivity contribution in [2.24, 2.45) is 0 Å². The van der Waals surface area contributed by atoms with E-state index in [2.05, 4.69) is 0 Å². The molecule has 1 aliphatic rings. The zero-order valence-electron chi connectivity index (χ0n) is 12.8. The third-order valence-electron chi connectivity index (χ3n) is 3.82. The van der Waals surface area contributed by atoms with Crippen LogP contribution in [0.3, 0.4) is 0 Å². The molecular weight excluding hydrogens is 319 g/mol. The fourth-order valence-electron chi connectivity index (χ4n) is 2.41. The molecule has 0 N–H and O–H groups in total. The van der Waals surface area contributed by atoms with Crippen LogP contribution in [-0.2, 0) is 11.3 Å². The number of amides is 1. The fraction of sp³-hybridized carbons (Fsp3) is 0.278. The van der Waals surface area contributed by atoms with Crippen molar-refractivity contribution >= 4 is 5.91 Å². The molecule has 0 bridgehead atoms. The molecule has 6 heteroatoms. The maximum absolute atomic E-state index is 13.5. The first-order valence-corrected chi connectivity index (χ1v) is 7.64. The second-order valence-electron chi connectivity index (χ2n) is 5.74. The first-order chi connectivity index (χ1) is 11.5. The third kappa shape index (κ3) is 4.07. The van der Waals surface area contributed by atoms with Gasteiger partial charge in [-0.1, -0.05) is 12.1 Å². The molecule has 24 heavy (non-hydrogen) atoms. The Kier molecular flexibility index (Phi) is 4.74. The SMILES string of the molecule is O=C(COc1ccc(F)cc1F)N(Cc1ccc(F)cc1)C1CC1. The van der Waals surface area contributed by atoms with E-state index in [9.17, 15) is 18.0 Å². The Morgan fingerprint density at radius 3 is 2.33 bits per heavy atom. The summed E-state index contributed by atoms with van der Waals surface area (Å²) in [5, 5.41) is 0. The Bertz CT molecular complexity index is 730. The van der Waals surface area contributed by atoms with Gasteiger partial charge in [-0.3, -0.25) is 4.79 Å². The van der Waals surface area contributed by atoms with Gasteiger partial charge >= 0.3 is 0 Å². The van der Waals surface area contributed by atoms with Gasteiger partial charge in [0.1, 0.15) is 11.6 Å². The number of benzene rings is 2. The van der Waals surface area contributed by atoms with Crippen molar-refractivity contribution < 1.29 is 22.7 Å². The monoisotopic (exact) mass is 335 g/mol. The van der Waals surface area contributed by atoms with Gasteiger partial charge in [-0.25, -0.2) is 13.2 Å². The summed E-state index contributed by atoms with van der Waals surface area (Å²) in [5.74, 6) is -2.34. The van der Waals surface area contributed by atoms with Crippen LogP contribution in [-0.4, -0.2) is 23.5 Å². The summed E-state index contributed by atoms with van der Waals surface area (Å²) >= 11 is 0. The minimum atomic E-state index is -0.848. The smallest absolute Gasteiger partial charge is 0.261 e. The number of nitrogens with zero attached hydrogens (tertiary/aromatic N) is 1. The predicted octanol–water partition coefficient (Wildman–Crippen LogP) is 3.67. The summed E-state index contributed by atoms with van der Waals surface area (Å²) in [5.41, 5.74) is 0.810. The average molecular weight is 335 g/mol. The fourth-order valence-corrected chi connectivity index (χ4v) is 2.41. The molecule has 126 valence electrons.